The van der Waals surface area contributed by atoms with Crippen molar-refractivity contribution in [2.45, 2.75) is 0 Å². The molecule has 0 unspecified atom stereocenters. The number of nitrogens with one attached hydrogen (secondary N) is 1. The van der Waals surface area contributed by atoms with Crippen molar-refractivity contribution >= 4 is 29.3 Å². The fourth-order valence-corrected chi connectivity index (χ4v) is 1.18. The Balaban J connectivity index is 2.24. The lowest BCUT2D eigenvalue weighted by molar-refractivity contribution is 0.770. The number of anilines is 3. The maximum atomic E-state index is 5.61. The first kappa shape index (κ1) is 9.66. The Morgan fingerprint density at radius 3 is 2.80 bits per heavy atom. The van der Waals surface area contributed by atoms with Crippen molar-refractivity contribution in [1.29, 1.82) is 0 Å². The summed E-state index contributed by atoms with van der Waals surface area (Å²) in [5.41, 5.74) is 5.41. The quantitative estimate of drug-likeness (QED) is 0.777. The lowest BCUT2D eigenvalue weighted by Gasteiger charge is -2.01. The molecular formula is C7H8ClN7. The Morgan fingerprint density at radius 2 is 2.20 bits per heavy atom. The Bertz CT molecular complexity index is 460. The van der Waals surface area contributed by atoms with Crippen LogP contribution in [0.3, 0.4) is 0 Å². The van der Waals surface area contributed by atoms with Crippen LogP contribution in [0.25, 0.3) is 0 Å². The maximum Gasteiger partial charge on any atom is 0.234 e. The molecule has 0 amide bonds. The van der Waals surface area contributed by atoms with Crippen molar-refractivity contribution < 1.29 is 0 Å². The predicted molar refractivity (Wildman–Crippen MR) is 55.7 cm³/mol. The van der Waals surface area contributed by atoms with E-state index in [0.717, 1.165) is 0 Å². The lowest BCUT2D eigenvalue weighted by Crippen LogP contribution is -2.03. The van der Waals surface area contributed by atoms with E-state index in [0.29, 0.717) is 5.82 Å². The number of halogens is 1. The van der Waals surface area contributed by atoms with E-state index in [2.05, 4.69) is 25.4 Å². The Hall–Kier alpha value is -1.89. The third-order valence-corrected chi connectivity index (χ3v) is 1.75. The molecular weight excluding hydrogens is 218 g/mol. The van der Waals surface area contributed by atoms with Crippen molar-refractivity contribution in [1.82, 2.24) is 24.7 Å². The largest absolute Gasteiger partial charge is 0.368 e. The van der Waals surface area contributed by atoms with E-state index < -0.39 is 0 Å². The Labute approximate surface area is 90.3 Å². The Kier molecular flexibility index (Phi) is 2.38. The highest BCUT2D eigenvalue weighted by molar-refractivity contribution is 6.28. The molecule has 0 fully saturated rings. The van der Waals surface area contributed by atoms with E-state index in [1.165, 1.54) is 0 Å². The third-order valence-electron chi connectivity index (χ3n) is 1.58. The van der Waals surface area contributed by atoms with Gasteiger partial charge in [-0.2, -0.15) is 20.1 Å². The van der Waals surface area contributed by atoms with Gasteiger partial charge in [-0.05, 0) is 11.6 Å². The number of hydrogen-bond acceptors (Lipinski definition) is 6. The summed E-state index contributed by atoms with van der Waals surface area (Å²) in [6, 6.07) is 1.77. The molecule has 0 aromatic carbocycles. The van der Waals surface area contributed by atoms with E-state index in [-0.39, 0.29) is 17.2 Å². The molecule has 0 saturated heterocycles. The zero-order chi connectivity index (χ0) is 10.8. The second-order valence-corrected chi connectivity index (χ2v) is 3.12. The van der Waals surface area contributed by atoms with Crippen LogP contribution in [0, 0.1) is 0 Å². The molecule has 2 aromatic rings. The minimum atomic E-state index is 0.0425. The molecule has 0 aliphatic rings. The van der Waals surface area contributed by atoms with Crippen LogP contribution in [0.5, 0.6) is 0 Å². The van der Waals surface area contributed by atoms with Gasteiger partial charge < -0.3 is 11.1 Å². The SMILES string of the molecule is Cn1ccc(Nc2nc(N)nc(Cl)n2)n1. The standard InChI is InChI=1S/C7H8ClN7/c1-15-3-2-4(14-15)10-7-12-5(8)11-6(9)13-7/h2-3H,1H3,(H3,9,10,11,12,13,14). The second kappa shape index (κ2) is 3.70. The van der Waals surface area contributed by atoms with Gasteiger partial charge in [0.2, 0.25) is 17.2 Å². The molecule has 0 bridgehead atoms. The van der Waals surface area contributed by atoms with Crippen molar-refractivity contribution in [2.24, 2.45) is 7.05 Å². The first-order chi connectivity index (χ1) is 7.13. The van der Waals surface area contributed by atoms with E-state index in [9.17, 15) is 0 Å². The monoisotopic (exact) mass is 225 g/mol. The van der Waals surface area contributed by atoms with E-state index >= 15 is 0 Å². The van der Waals surface area contributed by atoms with Gasteiger partial charge in [-0.3, -0.25) is 4.68 Å². The van der Waals surface area contributed by atoms with Gasteiger partial charge >= 0.3 is 0 Å². The molecule has 2 rings (SSSR count). The normalized spacial score (nSPS) is 10.3. The smallest absolute Gasteiger partial charge is 0.234 e. The average molecular weight is 226 g/mol. The van der Waals surface area contributed by atoms with Gasteiger partial charge in [0.25, 0.3) is 0 Å². The molecule has 0 saturated carbocycles. The number of nitrogens with two attached hydrogens (primary N) is 1. The molecule has 0 spiro atoms. The van der Waals surface area contributed by atoms with Crippen molar-refractivity contribution in [3.63, 3.8) is 0 Å². The first-order valence-electron chi connectivity index (χ1n) is 4.07. The summed E-state index contributed by atoms with van der Waals surface area (Å²) < 4.78 is 1.65. The van der Waals surface area contributed by atoms with Crippen molar-refractivity contribution in [3.8, 4) is 0 Å². The molecule has 15 heavy (non-hydrogen) atoms. The topological polar surface area (TPSA) is 94.5 Å². The number of aromatic nitrogens is 5. The summed E-state index contributed by atoms with van der Waals surface area (Å²) in [6.45, 7) is 0. The van der Waals surface area contributed by atoms with Gasteiger partial charge in [0.05, 0.1) is 0 Å². The zero-order valence-electron chi connectivity index (χ0n) is 7.85. The third kappa shape index (κ3) is 2.32. The highest BCUT2D eigenvalue weighted by atomic mass is 35.5. The maximum absolute atomic E-state index is 5.61. The molecule has 8 heteroatoms. The highest BCUT2D eigenvalue weighted by Gasteiger charge is 2.03. The molecule has 0 aliphatic heterocycles. The van der Waals surface area contributed by atoms with Crippen molar-refractivity contribution in [3.05, 3.63) is 17.5 Å². The van der Waals surface area contributed by atoms with Crippen LogP contribution in [-0.2, 0) is 7.05 Å². The fourth-order valence-electron chi connectivity index (χ4n) is 1.02. The van der Waals surface area contributed by atoms with Crippen molar-refractivity contribution in [2.75, 3.05) is 11.1 Å². The highest BCUT2D eigenvalue weighted by Crippen LogP contribution is 2.12. The van der Waals surface area contributed by atoms with Gasteiger partial charge in [-0.1, -0.05) is 0 Å². The zero-order valence-corrected chi connectivity index (χ0v) is 8.60. The molecule has 3 N–H and O–H groups in total. The number of rotatable bonds is 2. The van der Waals surface area contributed by atoms with Crippen LogP contribution in [0.15, 0.2) is 12.3 Å². The van der Waals surface area contributed by atoms with Gasteiger partial charge in [-0.15, -0.1) is 0 Å². The Morgan fingerprint density at radius 1 is 1.40 bits per heavy atom. The molecule has 2 heterocycles. The summed E-state index contributed by atoms with van der Waals surface area (Å²) in [7, 11) is 1.81. The summed E-state index contributed by atoms with van der Waals surface area (Å²) in [5, 5.41) is 6.98. The number of nitrogen functional groups attached to an aromatic ring is 1. The van der Waals surface area contributed by atoms with Gasteiger partial charge in [0, 0.05) is 19.3 Å². The summed E-state index contributed by atoms with van der Waals surface area (Å²) >= 11 is 5.61. The minimum absolute atomic E-state index is 0.0425. The predicted octanol–water partition coefficient (Wildman–Crippen LogP) is 0.584. The molecule has 2 aromatic heterocycles. The molecule has 0 atom stereocenters. The minimum Gasteiger partial charge on any atom is -0.368 e. The molecule has 78 valence electrons. The van der Waals surface area contributed by atoms with Crippen LogP contribution >= 0.6 is 11.6 Å². The summed E-state index contributed by atoms with van der Waals surface area (Å²) in [5.74, 6) is 0.943. The van der Waals surface area contributed by atoms with Crippen LogP contribution in [0.4, 0.5) is 17.7 Å². The summed E-state index contributed by atoms with van der Waals surface area (Å²) in [4.78, 5) is 11.3. The summed E-state index contributed by atoms with van der Waals surface area (Å²) in [6.07, 6.45) is 1.79. The average Bonchev–Trinajstić information content (AvgIpc) is 2.49. The molecule has 0 radical (unpaired) electrons. The van der Waals surface area contributed by atoms with E-state index in [1.807, 2.05) is 0 Å². The van der Waals surface area contributed by atoms with Crippen LogP contribution in [0.1, 0.15) is 0 Å². The van der Waals surface area contributed by atoms with Crippen LogP contribution < -0.4 is 11.1 Å². The van der Waals surface area contributed by atoms with Crippen LogP contribution in [-0.4, -0.2) is 24.7 Å². The number of aryl methyl sites for hydroxylation is 1. The van der Waals surface area contributed by atoms with Gasteiger partial charge in [0.1, 0.15) is 0 Å². The second-order valence-electron chi connectivity index (χ2n) is 2.79. The van der Waals surface area contributed by atoms with E-state index in [1.54, 1.807) is 24.0 Å². The molecule has 0 aliphatic carbocycles. The van der Waals surface area contributed by atoms with Gasteiger partial charge in [-0.25, -0.2) is 0 Å². The first-order valence-corrected chi connectivity index (χ1v) is 4.45. The van der Waals surface area contributed by atoms with Gasteiger partial charge in [0.15, 0.2) is 5.82 Å². The van der Waals surface area contributed by atoms with Crippen LogP contribution in [0.2, 0.25) is 5.28 Å². The molecule has 7 nitrogen and oxygen atoms in total. The lowest BCUT2D eigenvalue weighted by atomic mass is 10.6. The fraction of sp³-hybridized carbons (Fsp3) is 0.143. The number of hydrogen-bond donors (Lipinski definition) is 2. The number of nitrogens with zero attached hydrogens (tertiary/aromatic N) is 5. The van der Waals surface area contributed by atoms with E-state index in [4.69, 9.17) is 17.3 Å².